The third-order valence-electron chi connectivity index (χ3n) is 4.50. The summed E-state index contributed by atoms with van der Waals surface area (Å²) in [5.41, 5.74) is 13.8. The summed E-state index contributed by atoms with van der Waals surface area (Å²) in [7, 11) is 0. The summed E-state index contributed by atoms with van der Waals surface area (Å²) >= 11 is 0. The maximum absolute atomic E-state index is 10.3. The third-order valence-corrected chi connectivity index (χ3v) is 4.50. The van der Waals surface area contributed by atoms with Gasteiger partial charge in [0.15, 0.2) is 18.9 Å². The highest BCUT2D eigenvalue weighted by atomic mass is 16.3. The van der Waals surface area contributed by atoms with Crippen molar-refractivity contribution in [1.82, 2.24) is 35.5 Å². The van der Waals surface area contributed by atoms with Crippen LogP contribution in [0.3, 0.4) is 0 Å². The number of hydrogen-bond acceptors (Lipinski definition) is 8. The SMILES string of the molecule is CC(C)(C)c1cc(N)n(C2NC(O)NC(n3nc(C(C)(C)C)cc3N)N2)n1. The van der Waals surface area contributed by atoms with Crippen molar-refractivity contribution in [2.24, 2.45) is 0 Å². The predicted molar refractivity (Wildman–Crippen MR) is 104 cm³/mol. The molecule has 2 aromatic heterocycles. The van der Waals surface area contributed by atoms with E-state index >= 15 is 0 Å². The molecule has 150 valence electrons. The Morgan fingerprint density at radius 2 is 1.19 bits per heavy atom. The van der Waals surface area contributed by atoms with Gasteiger partial charge in [-0.15, -0.1) is 0 Å². The molecule has 0 radical (unpaired) electrons. The molecule has 1 aliphatic rings. The van der Waals surface area contributed by atoms with Crippen LogP contribution in [0.15, 0.2) is 12.1 Å². The number of aliphatic hydroxyl groups excluding tert-OH is 1. The fourth-order valence-corrected chi connectivity index (χ4v) is 2.84. The van der Waals surface area contributed by atoms with Crippen molar-refractivity contribution in [3.63, 3.8) is 0 Å². The number of nitrogens with two attached hydrogens (primary N) is 2. The third kappa shape index (κ3) is 3.93. The lowest BCUT2D eigenvalue weighted by Gasteiger charge is -2.36. The molecule has 0 amide bonds. The molecule has 8 N–H and O–H groups in total. The average Bonchev–Trinajstić information content (AvgIpc) is 3.09. The van der Waals surface area contributed by atoms with Crippen LogP contribution >= 0.6 is 0 Å². The molecule has 2 unspecified atom stereocenters. The largest absolute Gasteiger partial charge is 0.384 e. The summed E-state index contributed by atoms with van der Waals surface area (Å²) in [6.07, 6.45) is -2.07. The summed E-state index contributed by atoms with van der Waals surface area (Å²) in [5, 5.41) is 28.7. The number of nitrogens with zero attached hydrogens (tertiary/aromatic N) is 4. The van der Waals surface area contributed by atoms with E-state index in [1.165, 1.54) is 0 Å². The maximum Gasteiger partial charge on any atom is 0.165 e. The molecule has 3 heterocycles. The minimum absolute atomic E-state index is 0.141. The van der Waals surface area contributed by atoms with Crippen molar-refractivity contribution in [3.8, 4) is 0 Å². The number of nitrogen functional groups attached to an aromatic ring is 2. The molecule has 0 bridgehead atoms. The Morgan fingerprint density at radius 3 is 1.48 bits per heavy atom. The minimum atomic E-state index is -0.996. The number of anilines is 2. The van der Waals surface area contributed by atoms with Gasteiger partial charge in [0.1, 0.15) is 11.6 Å². The Balaban J connectivity index is 1.90. The zero-order chi connectivity index (χ0) is 20.1. The van der Waals surface area contributed by atoms with Crippen molar-refractivity contribution in [1.29, 1.82) is 0 Å². The second-order valence-corrected chi connectivity index (χ2v) is 9.01. The lowest BCUT2D eigenvalue weighted by molar-refractivity contribution is -0.0164. The van der Waals surface area contributed by atoms with Crippen LogP contribution in [0, 0.1) is 0 Å². The normalized spacial score (nSPS) is 24.3. The average molecular weight is 377 g/mol. The Morgan fingerprint density at radius 1 is 0.815 bits per heavy atom. The molecule has 2 atom stereocenters. The molecular formula is C17H31N9O. The van der Waals surface area contributed by atoms with Gasteiger partial charge in [-0.05, 0) is 0 Å². The number of aromatic nitrogens is 4. The summed E-state index contributed by atoms with van der Waals surface area (Å²) in [4.78, 5) is 0. The van der Waals surface area contributed by atoms with Crippen molar-refractivity contribution < 1.29 is 5.11 Å². The Labute approximate surface area is 159 Å². The molecular weight excluding hydrogens is 346 g/mol. The topological polar surface area (TPSA) is 144 Å². The van der Waals surface area contributed by atoms with Crippen LogP contribution in [0.25, 0.3) is 0 Å². The van der Waals surface area contributed by atoms with E-state index in [9.17, 15) is 5.11 Å². The number of rotatable bonds is 2. The highest BCUT2D eigenvalue weighted by Gasteiger charge is 2.32. The zero-order valence-corrected chi connectivity index (χ0v) is 16.8. The first-order chi connectivity index (χ1) is 12.4. The van der Waals surface area contributed by atoms with Gasteiger partial charge in [0.2, 0.25) is 0 Å². The van der Waals surface area contributed by atoms with Gasteiger partial charge in [-0.2, -0.15) is 10.2 Å². The lowest BCUT2D eigenvalue weighted by Crippen LogP contribution is -2.62. The minimum Gasteiger partial charge on any atom is -0.384 e. The van der Waals surface area contributed by atoms with Gasteiger partial charge < -0.3 is 16.6 Å². The maximum atomic E-state index is 10.3. The van der Waals surface area contributed by atoms with Gasteiger partial charge in [0.25, 0.3) is 0 Å². The fraction of sp³-hybridized carbons (Fsp3) is 0.647. The first-order valence-corrected chi connectivity index (χ1v) is 9.03. The van der Waals surface area contributed by atoms with Gasteiger partial charge in [0.05, 0.1) is 11.4 Å². The summed E-state index contributed by atoms with van der Waals surface area (Å²) < 4.78 is 3.23. The Bertz CT molecular complexity index is 745. The van der Waals surface area contributed by atoms with E-state index < -0.39 is 18.9 Å². The molecule has 0 aliphatic carbocycles. The first-order valence-electron chi connectivity index (χ1n) is 9.03. The number of hydrogen-bond donors (Lipinski definition) is 6. The monoisotopic (exact) mass is 377 g/mol. The van der Waals surface area contributed by atoms with Gasteiger partial charge in [-0.1, -0.05) is 41.5 Å². The van der Waals surface area contributed by atoms with Crippen LogP contribution in [-0.4, -0.2) is 31.0 Å². The van der Waals surface area contributed by atoms with E-state index in [2.05, 4.69) is 67.7 Å². The molecule has 1 aliphatic heterocycles. The van der Waals surface area contributed by atoms with Crippen molar-refractivity contribution >= 4 is 11.6 Å². The molecule has 0 saturated carbocycles. The molecule has 0 aromatic carbocycles. The highest BCUT2D eigenvalue weighted by Crippen LogP contribution is 2.27. The van der Waals surface area contributed by atoms with Crippen LogP contribution in [0.1, 0.15) is 65.5 Å². The second-order valence-electron chi connectivity index (χ2n) is 9.01. The van der Waals surface area contributed by atoms with E-state index in [0.29, 0.717) is 11.6 Å². The molecule has 2 aromatic rings. The molecule has 0 spiro atoms. The second kappa shape index (κ2) is 6.48. The van der Waals surface area contributed by atoms with E-state index in [1.807, 2.05) is 12.1 Å². The lowest BCUT2D eigenvalue weighted by atomic mass is 9.92. The van der Waals surface area contributed by atoms with Gasteiger partial charge in [0, 0.05) is 23.0 Å². The van der Waals surface area contributed by atoms with Crippen LogP contribution in [-0.2, 0) is 10.8 Å². The van der Waals surface area contributed by atoms with Crippen molar-refractivity contribution in [2.45, 2.75) is 71.3 Å². The molecule has 3 rings (SSSR count). The fourth-order valence-electron chi connectivity index (χ4n) is 2.84. The summed E-state index contributed by atoms with van der Waals surface area (Å²) in [6.45, 7) is 12.4. The molecule has 1 fully saturated rings. The van der Waals surface area contributed by atoms with E-state index in [4.69, 9.17) is 11.5 Å². The van der Waals surface area contributed by atoms with Gasteiger partial charge in [-0.3, -0.25) is 0 Å². The quantitative estimate of drug-likeness (QED) is 0.444. The zero-order valence-electron chi connectivity index (χ0n) is 16.8. The molecule has 1 saturated heterocycles. The smallest absolute Gasteiger partial charge is 0.165 e. The Hall–Kier alpha value is -2.14. The van der Waals surface area contributed by atoms with Gasteiger partial charge in [-0.25, -0.2) is 25.3 Å². The number of aliphatic hydroxyl groups is 1. The molecule has 27 heavy (non-hydrogen) atoms. The van der Waals surface area contributed by atoms with Crippen LogP contribution in [0.5, 0.6) is 0 Å². The predicted octanol–water partition coefficient (Wildman–Crippen LogP) is 0.510. The Kier molecular flexibility index (Phi) is 4.71. The van der Waals surface area contributed by atoms with E-state index in [-0.39, 0.29) is 10.8 Å². The standard InChI is InChI=1S/C17H31N9O/c1-16(2,3)9-7-11(18)25(23-9)13-20-14(22-15(27)21-13)26-12(19)8-10(24-26)17(4,5)6/h7-8,13-15,20-22,27H,18-19H2,1-6H3. The molecule has 10 nitrogen and oxygen atoms in total. The van der Waals surface area contributed by atoms with Gasteiger partial charge >= 0.3 is 0 Å². The van der Waals surface area contributed by atoms with E-state index in [1.54, 1.807) is 9.36 Å². The number of nitrogens with one attached hydrogen (secondary N) is 3. The summed E-state index contributed by atoms with van der Waals surface area (Å²) in [5.74, 6) is 0.975. The van der Waals surface area contributed by atoms with Crippen LogP contribution < -0.4 is 27.4 Å². The summed E-state index contributed by atoms with van der Waals surface area (Å²) in [6, 6.07) is 3.68. The van der Waals surface area contributed by atoms with E-state index in [0.717, 1.165) is 11.4 Å². The first kappa shape index (κ1) is 19.6. The van der Waals surface area contributed by atoms with Crippen LogP contribution in [0.2, 0.25) is 0 Å². The highest BCUT2D eigenvalue weighted by molar-refractivity contribution is 5.35. The van der Waals surface area contributed by atoms with Crippen molar-refractivity contribution in [2.75, 3.05) is 11.5 Å². The van der Waals surface area contributed by atoms with Crippen molar-refractivity contribution in [3.05, 3.63) is 23.5 Å². The van der Waals surface area contributed by atoms with Crippen LogP contribution in [0.4, 0.5) is 11.6 Å². The molecule has 10 heteroatoms.